The Morgan fingerprint density at radius 1 is 1.33 bits per heavy atom. The Morgan fingerprint density at radius 2 is 1.83 bits per heavy atom. The summed E-state index contributed by atoms with van der Waals surface area (Å²) in [5.41, 5.74) is 5.20. The summed E-state index contributed by atoms with van der Waals surface area (Å²) in [5, 5.41) is 2.78. The summed E-state index contributed by atoms with van der Waals surface area (Å²) in [6, 6.07) is 2.43. The molecule has 1 rings (SSSR count). The van der Waals surface area contributed by atoms with Crippen LogP contribution < -0.4 is 11.1 Å². The molecule has 0 unspecified atom stereocenters. The molecule has 0 saturated heterocycles. The Kier molecular flexibility index (Phi) is 2.60. The lowest BCUT2D eigenvalue weighted by molar-refractivity contribution is 0.586. The minimum absolute atomic E-state index is 0.421. The smallest absolute Gasteiger partial charge is 0.149 e. The summed E-state index contributed by atoms with van der Waals surface area (Å²) in [6.07, 6.45) is 0. The van der Waals surface area contributed by atoms with Crippen LogP contribution in [0.5, 0.6) is 0 Å². The van der Waals surface area contributed by atoms with Crippen LogP contribution in [0.4, 0.5) is 14.5 Å². The summed E-state index contributed by atoms with van der Waals surface area (Å²) in [7, 11) is 1.70. The van der Waals surface area contributed by atoms with Crippen molar-refractivity contribution in [3.05, 3.63) is 29.3 Å². The molecular formula is C8H10F2N2. The second-order valence-corrected chi connectivity index (χ2v) is 2.50. The van der Waals surface area contributed by atoms with Gasteiger partial charge in [0.2, 0.25) is 0 Å². The number of benzene rings is 1. The summed E-state index contributed by atoms with van der Waals surface area (Å²) in [5.74, 6) is -1.42. The van der Waals surface area contributed by atoms with Gasteiger partial charge in [-0.05, 0) is 24.7 Å². The Labute approximate surface area is 69.4 Å². The topological polar surface area (TPSA) is 38.0 Å². The summed E-state index contributed by atoms with van der Waals surface area (Å²) in [4.78, 5) is 0. The van der Waals surface area contributed by atoms with Crippen LogP contribution in [0.2, 0.25) is 0 Å². The van der Waals surface area contributed by atoms with Gasteiger partial charge in [-0.2, -0.15) is 0 Å². The average molecular weight is 172 g/mol. The molecule has 0 saturated carbocycles. The van der Waals surface area contributed by atoms with Gasteiger partial charge in [-0.3, -0.25) is 0 Å². The third-order valence-electron chi connectivity index (χ3n) is 1.52. The minimum Gasteiger partial charge on any atom is -0.394 e. The molecule has 4 heteroatoms. The van der Waals surface area contributed by atoms with E-state index in [1.54, 1.807) is 7.05 Å². The van der Waals surface area contributed by atoms with Gasteiger partial charge < -0.3 is 11.1 Å². The first-order chi connectivity index (χ1) is 5.65. The van der Waals surface area contributed by atoms with Crippen LogP contribution >= 0.6 is 0 Å². The van der Waals surface area contributed by atoms with E-state index in [0.29, 0.717) is 12.1 Å². The third-order valence-corrected chi connectivity index (χ3v) is 1.52. The summed E-state index contributed by atoms with van der Waals surface area (Å²) < 4.78 is 25.5. The maximum Gasteiger partial charge on any atom is 0.149 e. The van der Waals surface area contributed by atoms with Crippen LogP contribution in [-0.4, -0.2) is 7.05 Å². The van der Waals surface area contributed by atoms with Gasteiger partial charge in [0.1, 0.15) is 17.3 Å². The van der Waals surface area contributed by atoms with E-state index in [1.807, 2.05) is 0 Å². The van der Waals surface area contributed by atoms with E-state index >= 15 is 0 Å². The fraction of sp³-hybridized carbons (Fsp3) is 0.250. The molecule has 0 spiro atoms. The molecule has 12 heavy (non-hydrogen) atoms. The first-order valence-electron chi connectivity index (χ1n) is 3.53. The molecule has 0 aromatic heterocycles. The molecule has 0 aliphatic heterocycles. The van der Waals surface area contributed by atoms with E-state index in [1.165, 1.54) is 12.1 Å². The standard InChI is InChI=1S/C8H10F2N2/c1-12-4-5-2-6(9)8(11)7(10)3-5/h2-3,12H,4,11H2,1H3. The Hall–Kier alpha value is -1.16. The molecule has 3 N–H and O–H groups in total. The van der Waals surface area contributed by atoms with Crippen molar-refractivity contribution in [3.63, 3.8) is 0 Å². The van der Waals surface area contributed by atoms with Gasteiger partial charge >= 0.3 is 0 Å². The molecule has 0 amide bonds. The van der Waals surface area contributed by atoms with Gasteiger partial charge in [-0.15, -0.1) is 0 Å². The van der Waals surface area contributed by atoms with Crippen molar-refractivity contribution in [2.75, 3.05) is 12.8 Å². The van der Waals surface area contributed by atoms with E-state index < -0.39 is 17.3 Å². The van der Waals surface area contributed by atoms with Crippen LogP contribution in [0.25, 0.3) is 0 Å². The van der Waals surface area contributed by atoms with Crippen molar-refractivity contribution in [2.45, 2.75) is 6.54 Å². The predicted octanol–water partition coefficient (Wildman–Crippen LogP) is 1.27. The number of anilines is 1. The molecule has 0 atom stereocenters. The highest BCUT2D eigenvalue weighted by molar-refractivity contribution is 5.43. The first-order valence-corrected chi connectivity index (χ1v) is 3.53. The zero-order chi connectivity index (χ0) is 9.14. The van der Waals surface area contributed by atoms with Crippen molar-refractivity contribution >= 4 is 5.69 Å². The molecule has 0 aliphatic carbocycles. The molecule has 0 bridgehead atoms. The Morgan fingerprint density at radius 3 is 2.25 bits per heavy atom. The van der Waals surface area contributed by atoms with Gasteiger partial charge in [-0.1, -0.05) is 0 Å². The highest BCUT2D eigenvalue weighted by Gasteiger charge is 2.06. The van der Waals surface area contributed by atoms with Gasteiger partial charge in [-0.25, -0.2) is 8.78 Å². The number of hydrogen-bond donors (Lipinski definition) is 2. The second-order valence-electron chi connectivity index (χ2n) is 2.50. The van der Waals surface area contributed by atoms with Gasteiger partial charge in [0.15, 0.2) is 0 Å². The normalized spacial score (nSPS) is 10.2. The highest BCUT2D eigenvalue weighted by Crippen LogP contribution is 2.16. The minimum atomic E-state index is -0.708. The lowest BCUT2D eigenvalue weighted by atomic mass is 10.2. The number of nitrogen functional groups attached to an aromatic ring is 1. The molecule has 0 radical (unpaired) electrons. The molecule has 0 heterocycles. The molecule has 0 aliphatic rings. The van der Waals surface area contributed by atoms with Crippen molar-refractivity contribution in [3.8, 4) is 0 Å². The van der Waals surface area contributed by atoms with Crippen LogP contribution in [0.3, 0.4) is 0 Å². The molecule has 2 nitrogen and oxygen atoms in total. The number of nitrogens with two attached hydrogens (primary N) is 1. The van der Waals surface area contributed by atoms with Crippen LogP contribution in [-0.2, 0) is 6.54 Å². The lowest BCUT2D eigenvalue weighted by Crippen LogP contribution is -2.07. The number of rotatable bonds is 2. The quantitative estimate of drug-likeness (QED) is 0.659. The fourth-order valence-electron chi connectivity index (χ4n) is 0.943. The third kappa shape index (κ3) is 1.71. The Balaban J connectivity index is 3.04. The van der Waals surface area contributed by atoms with Gasteiger partial charge in [0, 0.05) is 6.54 Å². The van der Waals surface area contributed by atoms with Gasteiger partial charge in [0.25, 0.3) is 0 Å². The van der Waals surface area contributed by atoms with E-state index in [0.717, 1.165) is 0 Å². The molecule has 0 fully saturated rings. The number of halogens is 2. The lowest BCUT2D eigenvalue weighted by Gasteiger charge is -2.03. The average Bonchev–Trinajstić information content (AvgIpc) is 2.01. The molecule has 66 valence electrons. The maximum atomic E-state index is 12.8. The maximum absolute atomic E-state index is 12.8. The van der Waals surface area contributed by atoms with E-state index in [-0.39, 0.29) is 0 Å². The van der Waals surface area contributed by atoms with E-state index in [9.17, 15) is 8.78 Å². The zero-order valence-corrected chi connectivity index (χ0v) is 6.70. The number of nitrogens with one attached hydrogen (secondary N) is 1. The van der Waals surface area contributed by atoms with Crippen molar-refractivity contribution < 1.29 is 8.78 Å². The SMILES string of the molecule is CNCc1cc(F)c(N)c(F)c1. The summed E-state index contributed by atoms with van der Waals surface area (Å²) >= 11 is 0. The molecule has 1 aromatic rings. The van der Waals surface area contributed by atoms with Crippen LogP contribution in [0, 0.1) is 11.6 Å². The monoisotopic (exact) mass is 172 g/mol. The molecular weight excluding hydrogens is 162 g/mol. The number of hydrogen-bond acceptors (Lipinski definition) is 2. The van der Waals surface area contributed by atoms with E-state index in [4.69, 9.17) is 5.73 Å². The Bertz CT molecular complexity index is 263. The van der Waals surface area contributed by atoms with Gasteiger partial charge in [0.05, 0.1) is 0 Å². The largest absolute Gasteiger partial charge is 0.394 e. The highest BCUT2D eigenvalue weighted by atomic mass is 19.1. The predicted molar refractivity (Wildman–Crippen MR) is 43.5 cm³/mol. The summed E-state index contributed by atoms with van der Waals surface area (Å²) in [6.45, 7) is 0.425. The fourth-order valence-corrected chi connectivity index (χ4v) is 0.943. The van der Waals surface area contributed by atoms with Crippen molar-refractivity contribution in [1.29, 1.82) is 0 Å². The van der Waals surface area contributed by atoms with Crippen molar-refractivity contribution in [2.24, 2.45) is 0 Å². The van der Waals surface area contributed by atoms with Crippen molar-refractivity contribution in [1.82, 2.24) is 5.32 Å². The second kappa shape index (κ2) is 3.49. The zero-order valence-electron chi connectivity index (χ0n) is 6.70. The van der Waals surface area contributed by atoms with E-state index in [2.05, 4.69) is 5.32 Å². The molecule has 1 aromatic carbocycles. The van der Waals surface area contributed by atoms with Crippen LogP contribution in [0.15, 0.2) is 12.1 Å². The first kappa shape index (κ1) is 8.93. The van der Waals surface area contributed by atoms with Crippen LogP contribution in [0.1, 0.15) is 5.56 Å².